The lowest BCUT2D eigenvalue weighted by Crippen LogP contribution is -2.30. The summed E-state index contributed by atoms with van der Waals surface area (Å²) in [5, 5.41) is 5.51. The Bertz CT molecular complexity index is 551. The maximum Gasteiger partial charge on any atom is 0.163 e. The van der Waals surface area contributed by atoms with Crippen molar-refractivity contribution in [3.63, 3.8) is 0 Å². The van der Waals surface area contributed by atoms with Gasteiger partial charge in [-0.15, -0.1) is 11.8 Å². The number of thioether (sulfide) groups is 1. The van der Waals surface area contributed by atoms with E-state index < -0.39 is 0 Å². The fraction of sp³-hybridized carbons (Fsp3) is 0.500. The number of nitrogens with two attached hydrogens (primary N) is 1. The Kier molecular flexibility index (Phi) is 2.64. The molecule has 1 saturated heterocycles. The van der Waals surface area contributed by atoms with Crippen LogP contribution in [0.2, 0.25) is 0 Å². The molecule has 1 aliphatic heterocycles. The fourth-order valence-electron chi connectivity index (χ4n) is 1.66. The van der Waals surface area contributed by atoms with Crippen LogP contribution in [0, 0.1) is 0 Å². The molecule has 2 N–H and O–H groups in total. The molecule has 0 amide bonds. The minimum atomic E-state index is 0.503. The zero-order valence-electron chi connectivity index (χ0n) is 9.46. The molecule has 1 fully saturated rings. The summed E-state index contributed by atoms with van der Waals surface area (Å²) in [7, 11) is 1.85. The Morgan fingerprint density at radius 2 is 2.35 bits per heavy atom. The van der Waals surface area contributed by atoms with Gasteiger partial charge in [0.2, 0.25) is 0 Å². The lowest BCUT2D eigenvalue weighted by molar-refractivity contribution is 0.0455. The van der Waals surface area contributed by atoms with E-state index in [0.717, 1.165) is 35.8 Å². The predicted octanol–water partition coefficient (Wildman–Crippen LogP) is 0.577. The van der Waals surface area contributed by atoms with Crippen LogP contribution in [0.5, 0.6) is 0 Å². The Morgan fingerprint density at radius 1 is 1.53 bits per heavy atom. The predicted molar refractivity (Wildman–Crippen MR) is 66.6 cm³/mol. The van der Waals surface area contributed by atoms with E-state index in [1.165, 1.54) is 0 Å². The van der Waals surface area contributed by atoms with Gasteiger partial charge in [-0.25, -0.2) is 9.97 Å². The lowest BCUT2D eigenvalue weighted by atomic mass is 10.4. The number of nitrogen functional groups attached to an aromatic ring is 1. The monoisotopic (exact) mass is 251 g/mol. The van der Waals surface area contributed by atoms with Gasteiger partial charge in [0.25, 0.3) is 0 Å². The third kappa shape index (κ3) is 1.96. The molecule has 0 saturated carbocycles. The van der Waals surface area contributed by atoms with Gasteiger partial charge in [0, 0.05) is 7.05 Å². The number of anilines is 1. The van der Waals surface area contributed by atoms with E-state index >= 15 is 0 Å². The van der Waals surface area contributed by atoms with Crippen molar-refractivity contribution in [1.29, 1.82) is 0 Å². The van der Waals surface area contributed by atoms with Crippen LogP contribution in [-0.2, 0) is 17.5 Å². The molecule has 1 aliphatic rings. The van der Waals surface area contributed by atoms with E-state index in [-0.39, 0.29) is 0 Å². The molecule has 3 heterocycles. The fourth-order valence-corrected chi connectivity index (χ4v) is 2.56. The van der Waals surface area contributed by atoms with Crippen LogP contribution in [0.3, 0.4) is 0 Å². The quantitative estimate of drug-likeness (QED) is 0.859. The van der Waals surface area contributed by atoms with Crippen molar-refractivity contribution in [2.24, 2.45) is 7.05 Å². The van der Waals surface area contributed by atoms with Crippen LogP contribution in [-0.4, -0.2) is 38.2 Å². The lowest BCUT2D eigenvalue weighted by Gasteiger charge is -2.24. The molecule has 0 spiro atoms. The Balaban J connectivity index is 1.85. The summed E-state index contributed by atoms with van der Waals surface area (Å²) in [6, 6.07) is 0. The summed E-state index contributed by atoms with van der Waals surface area (Å²) in [5.74, 6) is 2.03. The number of nitrogens with zero attached hydrogens (tertiary/aromatic N) is 4. The highest BCUT2D eigenvalue weighted by molar-refractivity contribution is 7.99. The summed E-state index contributed by atoms with van der Waals surface area (Å²) < 4.78 is 6.84. The number of aromatic nitrogens is 4. The molecule has 3 rings (SSSR count). The molecule has 0 bridgehead atoms. The molecular weight excluding hydrogens is 238 g/mol. The van der Waals surface area contributed by atoms with Gasteiger partial charge in [-0.1, -0.05) is 0 Å². The smallest absolute Gasteiger partial charge is 0.163 e. The second-order valence-corrected chi connectivity index (χ2v) is 5.29. The average molecular weight is 251 g/mol. The second kappa shape index (κ2) is 4.15. The number of aryl methyl sites for hydroxylation is 1. The summed E-state index contributed by atoms with van der Waals surface area (Å²) >= 11 is 1.81. The van der Waals surface area contributed by atoms with Crippen molar-refractivity contribution >= 4 is 28.6 Å². The molecule has 6 nitrogen and oxygen atoms in total. The highest BCUT2D eigenvalue weighted by Gasteiger charge is 2.19. The van der Waals surface area contributed by atoms with E-state index in [2.05, 4.69) is 15.1 Å². The highest BCUT2D eigenvalue weighted by atomic mass is 32.2. The molecule has 17 heavy (non-hydrogen) atoms. The number of rotatable bonds is 3. The van der Waals surface area contributed by atoms with Gasteiger partial charge < -0.3 is 10.5 Å². The first-order chi connectivity index (χ1) is 8.24. The number of hydrogen-bond donors (Lipinski definition) is 1. The van der Waals surface area contributed by atoms with Gasteiger partial charge in [0.05, 0.1) is 35.8 Å². The van der Waals surface area contributed by atoms with Gasteiger partial charge in [0.15, 0.2) is 5.65 Å². The van der Waals surface area contributed by atoms with Gasteiger partial charge in [-0.3, -0.25) is 4.68 Å². The van der Waals surface area contributed by atoms with E-state index in [9.17, 15) is 0 Å². The molecule has 0 aliphatic carbocycles. The largest absolute Gasteiger partial charge is 0.383 e. The molecule has 0 radical (unpaired) electrons. The summed E-state index contributed by atoms with van der Waals surface area (Å²) in [4.78, 5) is 8.77. The average Bonchev–Trinajstić information content (AvgIpc) is 2.59. The Morgan fingerprint density at radius 3 is 3.06 bits per heavy atom. The van der Waals surface area contributed by atoms with Crippen molar-refractivity contribution in [2.75, 3.05) is 18.9 Å². The van der Waals surface area contributed by atoms with Crippen molar-refractivity contribution in [3.8, 4) is 0 Å². The zero-order valence-corrected chi connectivity index (χ0v) is 10.3. The molecule has 90 valence electrons. The number of fused-ring (bicyclic) bond motifs is 1. The summed E-state index contributed by atoms with van der Waals surface area (Å²) in [6.07, 6.45) is 1.70. The minimum Gasteiger partial charge on any atom is -0.383 e. The van der Waals surface area contributed by atoms with E-state index in [1.54, 1.807) is 22.6 Å². The van der Waals surface area contributed by atoms with Crippen LogP contribution in [0.25, 0.3) is 11.0 Å². The molecule has 0 atom stereocenters. The van der Waals surface area contributed by atoms with E-state index in [0.29, 0.717) is 11.1 Å². The normalized spacial score (nSPS) is 16.3. The standard InChI is InChI=1S/C10H13N5OS/c1-15-10-7(2-12-15)9(11)13-8(14-10)5-17-6-3-16-4-6/h2,6H,3-5H2,1H3,(H2,11,13,14). The zero-order chi connectivity index (χ0) is 11.8. The van der Waals surface area contributed by atoms with Crippen molar-refractivity contribution in [1.82, 2.24) is 19.7 Å². The topological polar surface area (TPSA) is 78.9 Å². The van der Waals surface area contributed by atoms with Crippen LogP contribution in [0.15, 0.2) is 6.20 Å². The van der Waals surface area contributed by atoms with Crippen LogP contribution in [0.4, 0.5) is 5.82 Å². The number of ether oxygens (including phenoxy) is 1. The van der Waals surface area contributed by atoms with Crippen molar-refractivity contribution in [3.05, 3.63) is 12.0 Å². The molecule has 0 unspecified atom stereocenters. The van der Waals surface area contributed by atoms with Crippen LogP contribution >= 0.6 is 11.8 Å². The first kappa shape index (κ1) is 10.8. The Hall–Kier alpha value is -1.34. The van der Waals surface area contributed by atoms with E-state index in [1.807, 2.05) is 7.05 Å². The minimum absolute atomic E-state index is 0.503. The van der Waals surface area contributed by atoms with Gasteiger partial charge in [0.1, 0.15) is 11.6 Å². The highest BCUT2D eigenvalue weighted by Crippen LogP contribution is 2.24. The molecule has 2 aromatic heterocycles. The van der Waals surface area contributed by atoms with Gasteiger partial charge >= 0.3 is 0 Å². The van der Waals surface area contributed by atoms with E-state index in [4.69, 9.17) is 10.5 Å². The maximum atomic E-state index is 5.88. The van der Waals surface area contributed by atoms with Gasteiger partial charge in [-0.05, 0) is 0 Å². The third-order valence-corrected chi connectivity index (χ3v) is 3.89. The first-order valence-electron chi connectivity index (χ1n) is 5.37. The number of hydrogen-bond acceptors (Lipinski definition) is 6. The first-order valence-corrected chi connectivity index (χ1v) is 6.42. The summed E-state index contributed by atoms with van der Waals surface area (Å²) in [6.45, 7) is 1.65. The molecule has 0 aromatic carbocycles. The molecule has 7 heteroatoms. The SMILES string of the molecule is Cn1ncc2c(N)nc(CSC3COC3)nc21. The van der Waals surface area contributed by atoms with Crippen LogP contribution < -0.4 is 5.73 Å². The van der Waals surface area contributed by atoms with Crippen molar-refractivity contribution in [2.45, 2.75) is 11.0 Å². The van der Waals surface area contributed by atoms with Crippen molar-refractivity contribution < 1.29 is 4.74 Å². The third-order valence-electron chi connectivity index (χ3n) is 2.72. The van der Waals surface area contributed by atoms with Gasteiger partial charge in [-0.2, -0.15) is 5.10 Å². The summed E-state index contributed by atoms with van der Waals surface area (Å²) in [5.41, 5.74) is 6.67. The molecular formula is C10H13N5OS. The Labute approximate surface area is 103 Å². The second-order valence-electron chi connectivity index (χ2n) is 4.00. The maximum absolute atomic E-state index is 5.88. The van der Waals surface area contributed by atoms with Crippen LogP contribution in [0.1, 0.15) is 5.82 Å². The molecule has 2 aromatic rings.